The Morgan fingerprint density at radius 2 is 1.83 bits per heavy atom. The van der Waals surface area contributed by atoms with E-state index >= 15 is 0 Å². The minimum atomic E-state index is -4.40. The standard InChI is InChI=1S/C6H9F2NO2S/c7-6(8)12(10,11)9-5-3-1-2-4-5/h1-2,5-6,9H,3-4H2. The van der Waals surface area contributed by atoms with Crippen molar-refractivity contribution in [1.82, 2.24) is 4.72 Å². The molecule has 12 heavy (non-hydrogen) atoms. The number of halogens is 2. The molecule has 0 fully saturated rings. The van der Waals surface area contributed by atoms with Crippen LogP contribution in [0.15, 0.2) is 12.2 Å². The Kier molecular flexibility index (Phi) is 2.79. The normalized spacial score (nSPS) is 19.2. The third-order valence-corrected chi connectivity index (χ3v) is 2.70. The quantitative estimate of drug-likeness (QED) is 0.682. The first kappa shape index (κ1) is 9.60. The van der Waals surface area contributed by atoms with Crippen LogP contribution in [-0.4, -0.2) is 20.2 Å². The first-order chi connectivity index (χ1) is 5.52. The monoisotopic (exact) mass is 197 g/mol. The van der Waals surface area contributed by atoms with Crippen LogP contribution in [0.5, 0.6) is 0 Å². The molecule has 0 unspecified atom stereocenters. The molecule has 1 N–H and O–H groups in total. The molecule has 0 atom stereocenters. The van der Waals surface area contributed by atoms with E-state index in [1.807, 2.05) is 4.72 Å². The van der Waals surface area contributed by atoms with Crippen molar-refractivity contribution in [2.75, 3.05) is 0 Å². The second-order valence-electron chi connectivity index (χ2n) is 2.56. The fraction of sp³-hybridized carbons (Fsp3) is 0.667. The summed E-state index contributed by atoms with van der Waals surface area (Å²) in [5, 5.41) is 0. The Morgan fingerprint density at radius 1 is 1.33 bits per heavy atom. The predicted octanol–water partition coefficient (Wildman–Crippen LogP) is 0.847. The second kappa shape index (κ2) is 3.49. The van der Waals surface area contributed by atoms with Gasteiger partial charge in [-0.2, -0.15) is 8.78 Å². The van der Waals surface area contributed by atoms with Crippen molar-refractivity contribution < 1.29 is 17.2 Å². The smallest absolute Gasteiger partial charge is 0.207 e. The van der Waals surface area contributed by atoms with E-state index in [0.717, 1.165) is 0 Å². The van der Waals surface area contributed by atoms with Crippen LogP contribution in [0.4, 0.5) is 8.78 Å². The first-order valence-electron chi connectivity index (χ1n) is 3.46. The lowest BCUT2D eigenvalue weighted by molar-refractivity contribution is 0.231. The third-order valence-electron chi connectivity index (χ3n) is 1.57. The largest absolute Gasteiger partial charge is 0.350 e. The summed E-state index contributed by atoms with van der Waals surface area (Å²) in [6.45, 7) is 0. The van der Waals surface area contributed by atoms with Crippen LogP contribution in [0.3, 0.4) is 0 Å². The van der Waals surface area contributed by atoms with Crippen molar-refractivity contribution in [3.8, 4) is 0 Å². The van der Waals surface area contributed by atoms with Crippen LogP contribution in [0, 0.1) is 0 Å². The van der Waals surface area contributed by atoms with E-state index in [4.69, 9.17) is 0 Å². The zero-order valence-corrected chi connectivity index (χ0v) is 7.02. The Balaban J connectivity index is 2.51. The Bertz CT molecular complexity index is 265. The summed E-state index contributed by atoms with van der Waals surface area (Å²) < 4.78 is 46.7. The van der Waals surface area contributed by atoms with E-state index < -0.39 is 15.8 Å². The van der Waals surface area contributed by atoms with Gasteiger partial charge in [0.1, 0.15) is 0 Å². The van der Waals surface area contributed by atoms with Gasteiger partial charge in [0.05, 0.1) is 0 Å². The highest BCUT2D eigenvalue weighted by atomic mass is 32.2. The van der Waals surface area contributed by atoms with Crippen LogP contribution < -0.4 is 4.72 Å². The molecule has 0 aliphatic heterocycles. The molecule has 0 aromatic heterocycles. The zero-order valence-electron chi connectivity index (χ0n) is 6.20. The molecule has 0 saturated carbocycles. The van der Waals surface area contributed by atoms with Gasteiger partial charge in [-0.25, -0.2) is 13.1 Å². The zero-order chi connectivity index (χ0) is 9.19. The third kappa shape index (κ3) is 2.25. The maximum Gasteiger partial charge on any atom is 0.350 e. The molecule has 6 heteroatoms. The van der Waals surface area contributed by atoms with Crippen molar-refractivity contribution in [2.24, 2.45) is 0 Å². The molecule has 0 amide bonds. The van der Waals surface area contributed by atoms with Crippen LogP contribution in [0.1, 0.15) is 12.8 Å². The molecule has 70 valence electrons. The van der Waals surface area contributed by atoms with E-state index in [9.17, 15) is 17.2 Å². The topological polar surface area (TPSA) is 46.2 Å². The van der Waals surface area contributed by atoms with Crippen LogP contribution >= 0.6 is 0 Å². The average Bonchev–Trinajstić information content (AvgIpc) is 2.38. The van der Waals surface area contributed by atoms with Gasteiger partial charge in [-0.15, -0.1) is 0 Å². The molecule has 0 saturated heterocycles. The summed E-state index contributed by atoms with van der Waals surface area (Å²) in [6.07, 6.45) is 4.51. The average molecular weight is 197 g/mol. The molecule has 0 heterocycles. The van der Waals surface area contributed by atoms with Crippen molar-refractivity contribution in [3.63, 3.8) is 0 Å². The van der Waals surface area contributed by atoms with E-state index in [2.05, 4.69) is 0 Å². The first-order valence-corrected chi connectivity index (χ1v) is 5.01. The van der Waals surface area contributed by atoms with Gasteiger partial charge in [0, 0.05) is 6.04 Å². The van der Waals surface area contributed by atoms with Crippen molar-refractivity contribution >= 4 is 10.0 Å². The van der Waals surface area contributed by atoms with E-state index in [1.165, 1.54) is 0 Å². The number of sulfonamides is 1. The molecule has 1 rings (SSSR count). The van der Waals surface area contributed by atoms with Crippen molar-refractivity contribution in [2.45, 2.75) is 24.6 Å². The van der Waals surface area contributed by atoms with Gasteiger partial charge in [-0.3, -0.25) is 0 Å². The highest BCUT2D eigenvalue weighted by Gasteiger charge is 2.27. The summed E-state index contributed by atoms with van der Waals surface area (Å²) in [6, 6.07) is -0.385. The molecule has 0 aromatic carbocycles. The lowest BCUT2D eigenvalue weighted by Crippen LogP contribution is -2.36. The molecule has 0 radical (unpaired) electrons. The number of rotatable bonds is 3. The van der Waals surface area contributed by atoms with Crippen LogP contribution in [0.25, 0.3) is 0 Å². The lowest BCUT2D eigenvalue weighted by Gasteiger charge is -2.11. The summed E-state index contributed by atoms with van der Waals surface area (Å²) in [5.74, 6) is -3.34. The van der Waals surface area contributed by atoms with Crippen molar-refractivity contribution in [3.05, 3.63) is 12.2 Å². The van der Waals surface area contributed by atoms with Crippen molar-refractivity contribution in [1.29, 1.82) is 0 Å². The van der Waals surface area contributed by atoms with E-state index in [1.54, 1.807) is 12.2 Å². The fourth-order valence-corrected chi connectivity index (χ4v) is 1.76. The number of hydrogen-bond acceptors (Lipinski definition) is 2. The minimum Gasteiger partial charge on any atom is -0.207 e. The second-order valence-corrected chi connectivity index (χ2v) is 4.25. The molecule has 0 aromatic rings. The molecule has 0 bridgehead atoms. The maximum atomic E-state index is 11.8. The van der Waals surface area contributed by atoms with Gasteiger partial charge in [0.25, 0.3) is 10.0 Å². The molecular weight excluding hydrogens is 188 g/mol. The Labute approximate surface area is 69.5 Å². The lowest BCUT2D eigenvalue weighted by atomic mass is 10.3. The number of hydrogen-bond donors (Lipinski definition) is 1. The molecule has 1 aliphatic carbocycles. The minimum absolute atomic E-state index is 0.385. The van der Waals surface area contributed by atoms with Gasteiger partial charge in [0.15, 0.2) is 0 Å². The SMILES string of the molecule is O=S(=O)(NC1CC=CC1)C(F)F. The van der Waals surface area contributed by atoms with Gasteiger partial charge < -0.3 is 0 Å². The van der Waals surface area contributed by atoms with Gasteiger partial charge in [0.2, 0.25) is 0 Å². The Hall–Kier alpha value is -0.490. The van der Waals surface area contributed by atoms with Crippen LogP contribution in [0.2, 0.25) is 0 Å². The summed E-state index contributed by atoms with van der Waals surface area (Å²) in [4.78, 5) is 0. The van der Waals surface area contributed by atoms with Gasteiger partial charge in [-0.05, 0) is 12.8 Å². The van der Waals surface area contributed by atoms with E-state index in [-0.39, 0.29) is 6.04 Å². The maximum absolute atomic E-state index is 11.8. The number of nitrogens with one attached hydrogen (secondary N) is 1. The molecule has 1 aliphatic rings. The highest BCUT2D eigenvalue weighted by molar-refractivity contribution is 7.89. The molecular formula is C6H9F2NO2S. The predicted molar refractivity (Wildman–Crippen MR) is 40.2 cm³/mol. The number of alkyl halides is 2. The summed E-state index contributed by atoms with van der Waals surface area (Å²) in [7, 11) is -4.40. The summed E-state index contributed by atoms with van der Waals surface area (Å²) in [5.41, 5.74) is 0. The van der Waals surface area contributed by atoms with Gasteiger partial charge in [-0.1, -0.05) is 12.2 Å². The van der Waals surface area contributed by atoms with E-state index in [0.29, 0.717) is 12.8 Å². The molecule has 3 nitrogen and oxygen atoms in total. The fourth-order valence-electron chi connectivity index (χ4n) is 0.997. The van der Waals surface area contributed by atoms with Gasteiger partial charge >= 0.3 is 5.76 Å². The summed E-state index contributed by atoms with van der Waals surface area (Å²) >= 11 is 0. The highest BCUT2D eigenvalue weighted by Crippen LogP contribution is 2.12. The Morgan fingerprint density at radius 3 is 2.25 bits per heavy atom. The van der Waals surface area contributed by atoms with Crippen LogP contribution in [-0.2, 0) is 10.0 Å². The molecule has 0 spiro atoms.